The minimum absolute atomic E-state index is 0.237. The summed E-state index contributed by atoms with van der Waals surface area (Å²) >= 11 is 0. The molecule has 0 saturated carbocycles. The van der Waals surface area contributed by atoms with E-state index in [0.29, 0.717) is 0 Å². The van der Waals surface area contributed by atoms with Gasteiger partial charge in [-0.15, -0.1) is 0 Å². The molecule has 0 unspecified atom stereocenters. The summed E-state index contributed by atoms with van der Waals surface area (Å²) in [5, 5.41) is 7.52. The number of hydrogen-bond acceptors (Lipinski definition) is 3. The zero-order valence-corrected chi connectivity index (χ0v) is 15.2. The largest absolute Gasteiger partial charge is 0.369 e. The van der Waals surface area contributed by atoms with Crippen LogP contribution in [0.3, 0.4) is 0 Å². The van der Waals surface area contributed by atoms with Gasteiger partial charge < -0.3 is 9.80 Å². The number of H-pyrrole nitrogens is 1. The summed E-state index contributed by atoms with van der Waals surface area (Å²) in [7, 11) is 2.16. The molecule has 26 heavy (non-hydrogen) atoms. The average molecular weight is 350 g/mol. The number of benzene rings is 2. The summed E-state index contributed by atoms with van der Waals surface area (Å²) in [6, 6.07) is 15.2. The Labute approximate surface area is 153 Å². The van der Waals surface area contributed by atoms with Gasteiger partial charge in [0.25, 0.3) is 0 Å². The Morgan fingerprint density at radius 2 is 1.69 bits per heavy atom. The molecular formula is C21H23FN4. The molecule has 2 heterocycles. The lowest BCUT2D eigenvalue weighted by Gasteiger charge is -2.34. The number of halogens is 1. The van der Waals surface area contributed by atoms with Crippen molar-refractivity contribution in [2.24, 2.45) is 0 Å². The van der Waals surface area contributed by atoms with Gasteiger partial charge in [-0.1, -0.05) is 24.3 Å². The summed E-state index contributed by atoms with van der Waals surface area (Å²) in [6.45, 7) is 6.24. The first kappa shape index (κ1) is 16.8. The molecule has 0 radical (unpaired) electrons. The summed E-state index contributed by atoms with van der Waals surface area (Å²) in [5.41, 5.74) is 5.87. The number of rotatable bonds is 3. The van der Waals surface area contributed by atoms with Gasteiger partial charge in [-0.25, -0.2) is 4.39 Å². The highest BCUT2D eigenvalue weighted by Gasteiger charge is 2.17. The third-order valence-corrected chi connectivity index (χ3v) is 5.07. The second-order valence-corrected chi connectivity index (χ2v) is 6.92. The molecule has 134 valence electrons. The van der Waals surface area contributed by atoms with E-state index >= 15 is 0 Å². The minimum Gasteiger partial charge on any atom is -0.369 e. The molecule has 5 heteroatoms. The summed E-state index contributed by atoms with van der Waals surface area (Å²) < 4.78 is 13.7. The van der Waals surface area contributed by atoms with Crippen molar-refractivity contribution in [3.05, 3.63) is 60.0 Å². The van der Waals surface area contributed by atoms with Crippen LogP contribution in [0.5, 0.6) is 0 Å². The van der Waals surface area contributed by atoms with Gasteiger partial charge in [-0.05, 0) is 43.8 Å². The highest BCUT2D eigenvalue weighted by atomic mass is 19.1. The molecule has 0 bridgehead atoms. The van der Waals surface area contributed by atoms with Crippen LogP contribution in [-0.4, -0.2) is 48.3 Å². The molecule has 0 spiro atoms. The van der Waals surface area contributed by atoms with Crippen molar-refractivity contribution >= 4 is 5.69 Å². The number of aromatic nitrogens is 2. The molecule has 0 amide bonds. The smallest absolute Gasteiger partial charge is 0.123 e. The van der Waals surface area contributed by atoms with Gasteiger partial charge in [-0.2, -0.15) is 5.10 Å². The van der Waals surface area contributed by atoms with E-state index in [1.165, 1.54) is 11.8 Å². The van der Waals surface area contributed by atoms with Crippen molar-refractivity contribution in [1.29, 1.82) is 0 Å². The molecule has 1 saturated heterocycles. The summed E-state index contributed by atoms with van der Waals surface area (Å²) in [6.07, 6.45) is 0. The van der Waals surface area contributed by atoms with Crippen molar-refractivity contribution in [3.8, 4) is 22.4 Å². The van der Waals surface area contributed by atoms with Gasteiger partial charge in [0, 0.05) is 48.7 Å². The standard InChI is InChI=1S/C21H23FN4/c1-15-20(17-4-3-5-18(22)14-17)21(24-23-15)16-6-8-19(9-7-16)26-12-10-25(2)11-13-26/h3-9,14H,10-13H2,1-2H3,(H,23,24). The van der Waals surface area contributed by atoms with E-state index in [2.05, 4.69) is 51.3 Å². The first-order valence-corrected chi connectivity index (χ1v) is 8.96. The van der Waals surface area contributed by atoms with Gasteiger partial charge in [0.1, 0.15) is 11.5 Å². The summed E-state index contributed by atoms with van der Waals surface area (Å²) in [4.78, 5) is 4.76. The maximum atomic E-state index is 13.7. The van der Waals surface area contributed by atoms with E-state index < -0.39 is 0 Å². The van der Waals surface area contributed by atoms with Crippen molar-refractivity contribution in [2.45, 2.75) is 6.92 Å². The van der Waals surface area contributed by atoms with Crippen LogP contribution in [-0.2, 0) is 0 Å². The molecule has 4 rings (SSSR count). The molecule has 0 atom stereocenters. The molecule has 1 N–H and O–H groups in total. The van der Waals surface area contributed by atoms with Gasteiger partial charge in [0.2, 0.25) is 0 Å². The quantitative estimate of drug-likeness (QED) is 0.777. The van der Waals surface area contributed by atoms with Gasteiger partial charge >= 0.3 is 0 Å². The molecular weight excluding hydrogens is 327 g/mol. The predicted octanol–water partition coefficient (Wildman–Crippen LogP) is 3.94. The number of aryl methyl sites for hydroxylation is 1. The molecule has 1 aliphatic heterocycles. The molecule has 1 fully saturated rings. The van der Waals surface area contributed by atoms with Crippen LogP contribution < -0.4 is 4.90 Å². The van der Waals surface area contributed by atoms with E-state index in [4.69, 9.17) is 0 Å². The Hall–Kier alpha value is -2.66. The van der Waals surface area contributed by atoms with E-state index in [9.17, 15) is 4.39 Å². The maximum absolute atomic E-state index is 13.7. The van der Waals surface area contributed by atoms with Crippen LogP contribution in [0.25, 0.3) is 22.4 Å². The van der Waals surface area contributed by atoms with Crippen LogP contribution in [0, 0.1) is 12.7 Å². The third-order valence-electron chi connectivity index (χ3n) is 5.07. The lowest BCUT2D eigenvalue weighted by atomic mass is 9.99. The number of anilines is 1. The van der Waals surface area contributed by atoms with E-state index in [0.717, 1.165) is 54.3 Å². The van der Waals surface area contributed by atoms with E-state index in [1.54, 1.807) is 12.1 Å². The molecule has 3 aromatic rings. The lowest BCUT2D eigenvalue weighted by Crippen LogP contribution is -2.44. The second-order valence-electron chi connectivity index (χ2n) is 6.92. The minimum atomic E-state index is -0.237. The van der Waals surface area contributed by atoms with Crippen molar-refractivity contribution < 1.29 is 4.39 Å². The molecule has 2 aromatic carbocycles. The van der Waals surface area contributed by atoms with E-state index in [-0.39, 0.29) is 5.82 Å². The molecule has 0 aliphatic carbocycles. The van der Waals surface area contributed by atoms with Crippen LogP contribution in [0.1, 0.15) is 5.69 Å². The van der Waals surface area contributed by atoms with Gasteiger partial charge in [-0.3, -0.25) is 5.10 Å². The van der Waals surface area contributed by atoms with Crippen LogP contribution >= 0.6 is 0 Å². The van der Waals surface area contributed by atoms with E-state index in [1.807, 2.05) is 13.0 Å². The Kier molecular flexibility index (Phi) is 4.47. The Bertz CT molecular complexity index is 893. The fourth-order valence-corrected chi connectivity index (χ4v) is 3.53. The monoisotopic (exact) mass is 350 g/mol. The first-order valence-electron chi connectivity index (χ1n) is 8.96. The number of likely N-dealkylation sites (N-methyl/N-ethyl adjacent to an activating group) is 1. The Morgan fingerprint density at radius 1 is 0.962 bits per heavy atom. The average Bonchev–Trinajstić information content (AvgIpc) is 3.04. The lowest BCUT2D eigenvalue weighted by molar-refractivity contribution is 0.313. The predicted molar refractivity (Wildman–Crippen MR) is 104 cm³/mol. The van der Waals surface area contributed by atoms with Crippen LogP contribution in [0.4, 0.5) is 10.1 Å². The maximum Gasteiger partial charge on any atom is 0.123 e. The highest BCUT2D eigenvalue weighted by Crippen LogP contribution is 2.34. The highest BCUT2D eigenvalue weighted by molar-refractivity contribution is 5.83. The van der Waals surface area contributed by atoms with Crippen molar-refractivity contribution in [2.75, 3.05) is 38.1 Å². The van der Waals surface area contributed by atoms with Crippen LogP contribution in [0.2, 0.25) is 0 Å². The topological polar surface area (TPSA) is 35.2 Å². The Balaban J connectivity index is 1.65. The molecule has 1 aliphatic rings. The third kappa shape index (κ3) is 3.22. The number of nitrogens with zero attached hydrogens (tertiary/aromatic N) is 3. The Morgan fingerprint density at radius 3 is 2.38 bits per heavy atom. The fraction of sp³-hybridized carbons (Fsp3) is 0.286. The fourth-order valence-electron chi connectivity index (χ4n) is 3.53. The number of aromatic amines is 1. The van der Waals surface area contributed by atoms with Crippen LogP contribution in [0.15, 0.2) is 48.5 Å². The number of nitrogens with one attached hydrogen (secondary N) is 1. The molecule has 4 nitrogen and oxygen atoms in total. The zero-order valence-electron chi connectivity index (χ0n) is 15.2. The van der Waals surface area contributed by atoms with Gasteiger partial charge in [0.15, 0.2) is 0 Å². The van der Waals surface area contributed by atoms with Crippen molar-refractivity contribution in [3.63, 3.8) is 0 Å². The first-order chi connectivity index (χ1) is 12.6. The van der Waals surface area contributed by atoms with Crippen molar-refractivity contribution in [1.82, 2.24) is 15.1 Å². The number of hydrogen-bond donors (Lipinski definition) is 1. The second kappa shape index (κ2) is 6.92. The number of piperazine rings is 1. The normalized spacial score (nSPS) is 15.4. The van der Waals surface area contributed by atoms with Gasteiger partial charge in [0.05, 0.1) is 0 Å². The zero-order chi connectivity index (χ0) is 18.1. The SMILES string of the molecule is Cc1[nH]nc(-c2ccc(N3CCN(C)CC3)cc2)c1-c1cccc(F)c1. The summed E-state index contributed by atoms with van der Waals surface area (Å²) in [5.74, 6) is -0.237. The molecule has 1 aromatic heterocycles.